The van der Waals surface area contributed by atoms with Gasteiger partial charge in [0.2, 0.25) is 0 Å². The number of sulfonamides is 1. The molecule has 1 aliphatic heterocycles. The SMILES string of the molecule is CC1(C)C(=O)N(CC(O)CBr)S1(=O)=O. The molecule has 1 atom stereocenters. The highest BCUT2D eigenvalue weighted by Crippen LogP contribution is 2.34. The van der Waals surface area contributed by atoms with Crippen LogP contribution in [0.3, 0.4) is 0 Å². The van der Waals surface area contributed by atoms with Gasteiger partial charge >= 0.3 is 0 Å². The first-order valence-corrected chi connectivity index (χ1v) is 6.62. The number of amides is 1. The van der Waals surface area contributed by atoms with Crippen molar-refractivity contribution in [2.24, 2.45) is 0 Å². The fourth-order valence-corrected chi connectivity index (χ4v) is 2.95. The predicted octanol–water partition coefficient (Wildman–Crippen LogP) is -0.307. The van der Waals surface area contributed by atoms with E-state index in [1.165, 1.54) is 13.8 Å². The standard InChI is InChI=1S/C7H12BrNO4S/c1-7(2)6(11)9(14(7,12)13)4-5(10)3-8/h5,10H,3-4H2,1-2H3. The second-order valence-corrected chi connectivity index (χ2v) is 6.72. The third-order valence-corrected chi connectivity index (χ3v) is 5.34. The van der Waals surface area contributed by atoms with Gasteiger partial charge in [0, 0.05) is 5.33 Å². The zero-order valence-corrected chi connectivity index (χ0v) is 10.3. The lowest BCUT2D eigenvalue weighted by Crippen LogP contribution is -2.68. The molecule has 0 saturated carbocycles. The van der Waals surface area contributed by atoms with Gasteiger partial charge in [0.25, 0.3) is 15.9 Å². The third-order valence-electron chi connectivity index (χ3n) is 2.23. The quantitative estimate of drug-likeness (QED) is 0.722. The van der Waals surface area contributed by atoms with Crippen LogP contribution in [0.4, 0.5) is 0 Å². The van der Waals surface area contributed by atoms with Crippen molar-refractivity contribution in [3.8, 4) is 0 Å². The lowest BCUT2D eigenvalue weighted by Gasteiger charge is -2.43. The van der Waals surface area contributed by atoms with E-state index in [4.69, 9.17) is 0 Å². The van der Waals surface area contributed by atoms with E-state index in [0.29, 0.717) is 0 Å². The number of β-amino-alcohol motifs (C(OH)–C–C–N with tert-alkyl or cyclic N) is 1. The van der Waals surface area contributed by atoms with Gasteiger partial charge in [-0.05, 0) is 13.8 Å². The van der Waals surface area contributed by atoms with E-state index in [2.05, 4.69) is 15.9 Å². The molecule has 1 amide bonds. The van der Waals surface area contributed by atoms with Gasteiger partial charge in [-0.15, -0.1) is 0 Å². The molecule has 0 bridgehead atoms. The Kier molecular flexibility index (Phi) is 2.95. The number of nitrogens with zero attached hydrogens (tertiary/aromatic N) is 1. The number of halogens is 1. The van der Waals surface area contributed by atoms with Crippen molar-refractivity contribution in [2.45, 2.75) is 24.7 Å². The van der Waals surface area contributed by atoms with Crippen molar-refractivity contribution in [1.82, 2.24) is 4.31 Å². The molecule has 82 valence electrons. The number of carbonyl (C=O) groups is 1. The van der Waals surface area contributed by atoms with E-state index in [9.17, 15) is 18.3 Å². The summed E-state index contributed by atoms with van der Waals surface area (Å²) in [7, 11) is -3.55. The second-order valence-electron chi connectivity index (χ2n) is 3.66. The monoisotopic (exact) mass is 285 g/mol. The van der Waals surface area contributed by atoms with Gasteiger partial charge in [-0.1, -0.05) is 15.9 Å². The van der Waals surface area contributed by atoms with Crippen molar-refractivity contribution in [3.63, 3.8) is 0 Å². The van der Waals surface area contributed by atoms with E-state index >= 15 is 0 Å². The van der Waals surface area contributed by atoms with E-state index in [-0.39, 0.29) is 11.9 Å². The van der Waals surface area contributed by atoms with Crippen LogP contribution in [0.1, 0.15) is 13.8 Å². The molecule has 1 heterocycles. The summed E-state index contributed by atoms with van der Waals surface area (Å²) >= 11 is 3.00. The number of hydrogen-bond donors (Lipinski definition) is 1. The first-order chi connectivity index (χ1) is 6.25. The summed E-state index contributed by atoms with van der Waals surface area (Å²) in [5, 5.41) is 9.45. The molecule has 0 aromatic heterocycles. The number of rotatable bonds is 3. The summed E-state index contributed by atoms with van der Waals surface area (Å²) in [5.74, 6) is -0.461. The average molecular weight is 286 g/mol. The number of aliphatic hydroxyl groups is 1. The van der Waals surface area contributed by atoms with Gasteiger partial charge in [-0.25, -0.2) is 12.7 Å². The summed E-state index contributed by atoms with van der Waals surface area (Å²) in [5.41, 5.74) is 0. The van der Waals surface area contributed by atoms with Crippen LogP contribution >= 0.6 is 15.9 Å². The third kappa shape index (κ3) is 1.47. The van der Waals surface area contributed by atoms with Gasteiger partial charge in [-0.2, -0.15) is 0 Å². The Morgan fingerprint density at radius 1 is 1.57 bits per heavy atom. The topological polar surface area (TPSA) is 74.7 Å². The molecule has 1 fully saturated rings. The fourth-order valence-electron chi connectivity index (χ4n) is 1.18. The molecule has 1 aliphatic rings. The maximum absolute atomic E-state index is 11.5. The van der Waals surface area contributed by atoms with Gasteiger partial charge < -0.3 is 5.11 Å². The van der Waals surface area contributed by atoms with E-state index in [1.54, 1.807) is 0 Å². The minimum Gasteiger partial charge on any atom is -0.390 e. The second kappa shape index (κ2) is 3.46. The Morgan fingerprint density at radius 3 is 2.43 bits per heavy atom. The molecule has 0 spiro atoms. The molecule has 0 radical (unpaired) electrons. The Balaban J connectivity index is 2.82. The summed E-state index contributed by atoms with van der Waals surface area (Å²) in [6, 6.07) is 0. The Hall–Kier alpha value is -0.140. The Morgan fingerprint density at radius 2 is 2.07 bits per heavy atom. The van der Waals surface area contributed by atoms with Crippen LogP contribution < -0.4 is 0 Å². The van der Waals surface area contributed by atoms with Crippen molar-refractivity contribution in [2.75, 3.05) is 11.9 Å². The maximum Gasteiger partial charge on any atom is 0.258 e. The van der Waals surface area contributed by atoms with Crippen molar-refractivity contribution in [3.05, 3.63) is 0 Å². The van der Waals surface area contributed by atoms with Crippen LogP contribution in [0.15, 0.2) is 0 Å². The first kappa shape index (κ1) is 11.9. The summed E-state index contributed by atoms with van der Waals surface area (Å²) < 4.78 is 22.4. The average Bonchev–Trinajstić information content (AvgIpc) is 2.12. The molecule has 0 aromatic carbocycles. The molecule has 14 heavy (non-hydrogen) atoms. The highest BCUT2D eigenvalue weighted by molar-refractivity contribution is 9.09. The minimum atomic E-state index is -3.55. The largest absolute Gasteiger partial charge is 0.390 e. The van der Waals surface area contributed by atoms with Crippen LogP contribution in [-0.4, -0.2) is 46.5 Å². The van der Waals surface area contributed by atoms with Gasteiger partial charge in [0.15, 0.2) is 4.75 Å². The molecule has 7 heteroatoms. The van der Waals surface area contributed by atoms with Gasteiger partial charge in [0.1, 0.15) is 0 Å². The highest BCUT2D eigenvalue weighted by Gasteiger charge is 2.60. The number of hydrogen-bond acceptors (Lipinski definition) is 4. The predicted molar refractivity (Wildman–Crippen MR) is 54.5 cm³/mol. The normalized spacial score (nSPS) is 25.7. The molecule has 0 aliphatic carbocycles. The number of carbonyl (C=O) groups excluding carboxylic acids is 1. The zero-order chi connectivity index (χ0) is 11.1. The molecule has 1 rings (SSSR count). The number of alkyl halides is 1. The lowest BCUT2D eigenvalue weighted by molar-refractivity contribution is -0.133. The van der Waals surface area contributed by atoms with Crippen molar-refractivity contribution >= 4 is 31.9 Å². The van der Waals surface area contributed by atoms with Crippen LogP contribution in [0.25, 0.3) is 0 Å². The van der Waals surface area contributed by atoms with Crippen LogP contribution in [0.2, 0.25) is 0 Å². The molecular formula is C7H12BrNO4S. The van der Waals surface area contributed by atoms with E-state index in [1.807, 2.05) is 0 Å². The maximum atomic E-state index is 11.5. The smallest absolute Gasteiger partial charge is 0.258 e. The molecule has 5 nitrogen and oxygen atoms in total. The summed E-state index contributed by atoms with van der Waals surface area (Å²) in [6.07, 6.45) is -0.857. The molecule has 1 N–H and O–H groups in total. The van der Waals surface area contributed by atoms with Crippen molar-refractivity contribution < 1.29 is 18.3 Å². The van der Waals surface area contributed by atoms with Crippen LogP contribution in [-0.2, 0) is 14.8 Å². The molecule has 1 unspecified atom stereocenters. The van der Waals surface area contributed by atoms with Crippen LogP contribution in [0, 0.1) is 0 Å². The van der Waals surface area contributed by atoms with Crippen LogP contribution in [0.5, 0.6) is 0 Å². The summed E-state index contributed by atoms with van der Waals surface area (Å²) in [4.78, 5) is 11.4. The van der Waals surface area contributed by atoms with E-state index < -0.39 is 26.8 Å². The fraction of sp³-hybridized carbons (Fsp3) is 0.857. The summed E-state index contributed by atoms with van der Waals surface area (Å²) in [6.45, 7) is 2.55. The van der Waals surface area contributed by atoms with E-state index in [0.717, 1.165) is 4.31 Å². The minimum absolute atomic E-state index is 0.171. The Labute approximate surface area is 91.3 Å². The Bertz CT molecular complexity index is 351. The van der Waals surface area contributed by atoms with Crippen molar-refractivity contribution in [1.29, 1.82) is 0 Å². The number of aliphatic hydroxyl groups excluding tert-OH is 1. The first-order valence-electron chi connectivity index (χ1n) is 4.06. The molecular weight excluding hydrogens is 274 g/mol. The lowest BCUT2D eigenvalue weighted by atomic mass is 10.2. The molecule has 0 aromatic rings. The zero-order valence-electron chi connectivity index (χ0n) is 7.90. The van der Waals surface area contributed by atoms with Gasteiger partial charge in [0.05, 0.1) is 12.6 Å². The molecule has 1 saturated heterocycles. The highest BCUT2D eigenvalue weighted by atomic mass is 79.9. The van der Waals surface area contributed by atoms with Gasteiger partial charge in [-0.3, -0.25) is 4.79 Å².